The van der Waals surface area contributed by atoms with E-state index in [0.29, 0.717) is 0 Å². The molecular weight excluding hydrogens is 196 g/mol. The van der Waals surface area contributed by atoms with Gasteiger partial charge in [0.05, 0.1) is 0 Å². The van der Waals surface area contributed by atoms with Crippen molar-refractivity contribution in [1.82, 2.24) is 10.2 Å². The molecule has 2 atom stereocenters. The quantitative estimate of drug-likeness (QED) is 0.738. The summed E-state index contributed by atoms with van der Waals surface area (Å²) in [5.74, 6) is 0. The zero-order valence-electron chi connectivity index (χ0n) is 11.0. The van der Waals surface area contributed by atoms with Crippen LogP contribution in [0.5, 0.6) is 0 Å². The van der Waals surface area contributed by atoms with Crippen LogP contribution in [0.3, 0.4) is 0 Å². The molecule has 0 aliphatic carbocycles. The highest BCUT2D eigenvalue weighted by Gasteiger charge is 2.36. The van der Waals surface area contributed by atoms with Crippen LogP contribution in [0, 0.1) is 0 Å². The fourth-order valence-corrected chi connectivity index (χ4v) is 3.30. The predicted octanol–water partition coefficient (Wildman–Crippen LogP) is 2.56. The van der Waals surface area contributed by atoms with Crippen LogP contribution in [0.4, 0.5) is 0 Å². The van der Waals surface area contributed by atoms with E-state index in [1.807, 2.05) is 0 Å². The van der Waals surface area contributed by atoms with Crippen molar-refractivity contribution in [1.29, 1.82) is 0 Å². The second-order valence-electron chi connectivity index (χ2n) is 5.67. The largest absolute Gasteiger partial charge is 0.317 e. The molecule has 0 aromatic carbocycles. The molecule has 1 N–H and O–H groups in total. The first kappa shape index (κ1) is 12.1. The van der Waals surface area contributed by atoms with E-state index in [4.69, 9.17) is 0 Å². The highest BCUT2D eigenvalue weighted by atomic mass is 15.2. The molecule has 0 amide bonds. The predicted molar refractivity (Wildman–Crippen MR) is 69.6 cm³/mol. The minimum atomic E-state index is 0.762. The van der Waals surface area contributed by atoms with Crippen molar-refractivity contribution in [3.8, 4) is 0 Å². The fraction of sp³-hybridized carbons (Fsp3) is 0.857. The van der Waals surface area contributed by atoms with Crippen LogP contribution in [-0.4, -0.2) is 36.6 Å². The van der Waals surface area contributed by atoms with E-state index in [-0.39, 0.29) is 0 Å². The number of hydrogen-bond donors (Lipinski definition) is 1. The average Bonchev–Trinajstić information content (AvgIpc) is 2.24. The van der Waals surface area contributed by atoms with Crippen molar-refractivity contribution in [2.45, 2.75) is 64.1 Å². The monoisotopic (exact) mass is 222 g/mol. The summed E-state index contributed by atoms with van der Waals surface area (Å²) in [5, 5.41) is 3.48. The molecule has 0 saturated carbocycles. The highest BCUT2D eigenvalue weighted by molar-refractivity contribution is 5.01. The lowest BCUT2D eigenvalue weighted by Crippen LogP contribution is -2.55. The van der Waals surface area contributed by atoms with Gasteiger partial charge in [-0.25, -0.2) is 0 Å². The molecule has 2 heteroatoms. The second kappa shape index (κ2) is 5.33. The van der Waals surface area contributed by atoms with E-state index in [1.54, 1.807) is 0 Å². The zero-order valence-corrected chi connectivity index (χ0v) is 11.0. The molecule has 92 valence electrons. The van der Waals surface area contributed by atoms with Gasteiger partial charge in [0.25, 0.3) is 0 Å². The van der Waals surface area contributed by atoms with Gasteiger partial charge in [0.15, 0.2) is 0 Å². The number of hydrogen-bond acceptors (Lipinski definition) is 2. The molecule has 2 saturated heterocycles. The minimum absolute atomic E-state index is 0.762. The number of nitrogens with zero attached hydrogens (tertiary/aromatic N) is 1. The lowest BCUT2D eigenvalue weighted by molar-refractivity contribution is 0.0364. The Morgan fingerprint density at radius 1 is 1.25 bits per heavy atom. The molecule has 2 rings (SSSR count). The molecule has 0 spiro atoms. The lowest BCUT2D eigenvalue weighted by atomic mass is 9.82. The van der Waals surface area contributed by atoms with Crippen LogP contribution in [0.1, 0.15) is 46.0 Å². The molecule has 2 aliphatic rings. The number of nitrogens with one attached hydrogen (secondary N) is 1. The zero-order chi connectivity index (χ0) is 11.5. The topological polar surface area (TPSA) is 15.3 Å². The minimum Gasteiger partial charge on any atom is -0.317 e. The Bertz CT molecular complexity index is 241. The second-order valence-corrected chi connectivity index (χ2v) is 5.67. The van der Waals surface area contributed by atoms with E-state index in [0.717, 1.165) is 18.1 Å². The first-order valence-electron chi connectivity index (χ1n) is 6.77. The molecule has 0 aromatic heterocycles. The maximum absolute atomic E-state index is 3.48. The van der Waals surface area contributed by atoms with Gasteiger partial charge >= 0.3 is 0 Å². The van der Waals surface area contributed by atoms with Crippen molar-refractivity contribution in [3.05, 3.63) is 11.6 Å². The van der Waals surface area contributed by atoms with Crippen molar-refractivity contribution in [3.63, 3.8) is 0 Å². The number of rotatable bonds is 3. The van der Waals surface area contributed by atoms with Gasteiger partial charge in [-0.05, 0) is 46.6 Å². The summed E-state index contributed by atoms with van der Waals surface area (Å²) in [4.78, 5) is 2.75. The smallest absolute Gasteiger partial charge is 0.0171 e. The Hall–Kier alpha value is -0.340. The summed E-state index contributed by atoms with van der Waals surface area (Å²) in [6.07, 6.45) is 9.35. The summed E-state index contributed by atoms with van der Waals surface area (Å²) in [6, 6.07) is 2.43. The van der Waals surface area contributed by atoms with Gasteiger partial charge in [-0.15, -0.1) is 0 Å². The first-order valence-corrected chi connectivity index (χ1v) is 6.77. The lowest BCUT2D eigenvalue weighted by Gasteiger charge is -2.48. The Morgan fingerprint density at radius 3 is 2.38 bits per heavy atom. The third-order valence-corrected chi connectivity index (χ3v) is 4.24. The Morgan fingerprint density at radius 2 is 1.88 bits per heavy atom. The summed E-state index contributed by atoms with van der Waals surface area (Å²) >= 11 is 0. The standard InChI is InChI=1S/C14H26N2/c1-11(2)7-8-16-13-5-4-6-14(16)10-12(9-13)15-3/h7,12-15H,4-6,8-10H2,1-3H3. The molecule has 2 heterocycles. The van der Waals surface area contributed by atoms with Gasteiger partial charge in [0, 0.05) is 24.7 Å². The molecule has 2 nitrogen and oxygen atoms in total. The highest BCUT2D eigenvalue weighted by Crippen LogP contribution is 2.33. The van der Waals surface area contributed by atoms with Gasteiger partial charge in [0.2, 0.25) is 0 Å². The number of piperidine rings is 2. The van der Waals surface area contributed by atoms with Crippen LogP contribution in [-0.2, 0) is 0 Å². The molecule has 0 radical (unpaired) electrons. The first-order chi connectivity index (χ1) is 7.70. The van der Waals surface area contributed by atoms with Crippen molar-refractivity contribution >= 4 is 0 Å². The third-order valence-electron chi connectivity index (χ3n) is 4.24. The SMILES string of the molecule is CNC1CC2CCCC(C1)N2CC=C(C)C. The summed E-state index contributed by atoms with van der Waals surface area (Å²) < 4.78 is 0. The molecule has 2 aliphatic heterocycles. The number of allylic oxidation sites excluding steroid dienone is 1. The normalized spacial score (nSPS) is 34.8. The molecule has 2 bridgehead atoms. The molecule has 2 fully saturated rings. The molecule has 0 aromatic rings. The summed E-state index contributed by atoms with van der Waals surface area (Å²) in [6.45, 7) is 5.58. The van der Waals surface area contributed by atoms with Crippen molar-refractivity contribution in [2.75, 3.05) is 13.6 Å². The molecule has 2 unspecified atom stereocenters. The van der Waals surface area contributed by atoms with Gasteiger partial charge in [0.1, 0.15) is 0 Å². The van der Waals surface area contributed by atoms with Gasteiger partial charge in [-0.3, -0.25) is 4.90 Å². The molecular formula is C14H26N2. The fourth-order valence-electron chi connectivity index (χ4n) is 3.30. The average molecular weight is 222 g/mol. The van der Waals surface area contributed by atoms with Crippen molar-refractivity contribution < 1.29 is 0 Å². The molecule has 16 heavy (non-hydrogen) atoms. The third kappa shape index (κ3) is 2.67. The summed E-state index contributed by atoms with van der Waals surface area (Å²) in [7, 11) is 2.12. The van der Waals surface area contributed by atoms with E-state index >= 15 is 0 Å². The Kier molecular flexibility index (Phi) is 4.04. The van der Waals surface area contributed by atoms with Crippen LogP contribution < -0.4 is 5.32 Å². The number of fused-ring (bicyclic) bond motifs is 2. The van der Waals surface area contributed by atoms with E-state index in [1.165, 1.54) is 44.2 Å². The van der Waals surface area contributed by atoms with E-state index in [2.05, 4.69) is 37.2 Å². The summed E-state index contributed by atoms with van der Waals surface area (Å²) in [5.41, 5.74) is 1.45. The van der Waals surface area contributed by atoms with Gasteiger partial charge < -0.3 is 5.32 Å². The maximum atomic E-state index is 3.48. The van der Waals surface area contributed by atoms with Gasteiger partial charge in [-0.2, -0.15) is 0 Å². The van der Waals surface area contributed by atoms with E-state index in [9.17, 15) is 0 Å². The van der Waals surface area contributed by atoms with E-state index < -0.39 is 0 Å². The Labute approximate surface area is 100 Å². The Balaban J connectivity index is 2.00. The van der Waals surface area contributed by atoms with Crippen LogP contribution in [0.25, 0.3) is 0 Å². The van der Waals surface area contributed by atoms with Gasteiger partial charge in [-0.1, -0.05) is 18.1 Å². The van der Waals surface area contributed by atoms with Crippen molar-refractivity contribution in [2.24, 2.45) is 0 Å². The van der Waals surface area contributed by atoms with Crippen LogP contribution in [0.15, 0.2) is 11.6 Å². The van der Waals surface area contributed by atoms with Crippen LogP contribution >= 0.6 is 0 Å². The van der Waals surface area contributed by atoms with Crippen LogP contribution in [0.2, 0.25) is 0 Å². The maximum Gasteiger partial charge on any atom is 0.0171 e.